The summed E-state index contributed by atoms with van der Waals surface area (Å²) in [6.45, 7) is 0.518. The van der Waals surface area contributed by atoms with Crippen molar-refractivity contribution < 1.29 is 19.7 Å². The molecule has 94 valence electrons. The Morgan fingerprint density at radius 1 is 1.29 bits per heavy atom. The molecule has 0 atom stereocenters. The highest BCUT2D eigenvalue weighted by molar-refractivity contribution is 5.77. The molecular weight excluding hydrogens is 222 g/mol. The van der Waals surface area contributed by atoms with Crippen LogP contribution in [-0.4, -0.2) is 35.9 Å². The molecule has 1 aromatic rings. The number of benzene rings is 1. The number of rotatable bonds is 7. The minimum Gasteiger partial charge on any atom is -0.504 e. The topological polar surface area (TPSA) is 78.8 Å². The highest BCUT2D eigenvalue weighted by atomic mass is 16.5. The molecule has 1 aromatic carbocycles. The zero-order valence-electron chi connectivity index (χ0n) is 9.56. The molecule has 1 amide bonds. The van der Waals surface area contributed by atoms with Crippen LogP contribution in [0, 0.1) is 0 Å². The molecule has 5 heteroatoms. The summed E-state index contributed by atoms with van der Waals surface area (Å²) in [5, 5.41) is 20.6. The lowest BCUT2D eigenvalue weighted by Gasteiger charge is -2.08. The van der Waals surface area contributed by atoms with Gasteiger partial charge in [0.05, 0.1) is 0 Å². The first-order valence-electron chi connectivity index (χ1n) is 5.52. The van der Waals surface area contributed by atoms with Crippen LogP contribution in [0.5, 0.6) is 11.5 Å². The van der Waals surface area contributed by atoms with Crippen molar-refractivity contribution in [2.24, 2.45) is 0 Å². The second-order valence-corrected chi connectivity index (χ2v) is 3.54. The third-order valence-electron chi connectivity index (χ3n) is 2.13. The largest absolute Gasteiger partial charge is 0.504 e. The van der Waals surface area contributed by atoms with E-state index in [9.17, 15) is 9.90 Å². The molecule has 0 radical (unpaired) electrons. The summed E-state index contributed by atoms with van der Waals surface area (Å²) in [5.74, 6) is 0.0600. The Bertz CT molecular complexity index is 354. The average molecular weight is 239 g/mol. The minimum atomic E-state index is -0.244. The van der Waals surface area contributed by atoms with Gasteiger partial charge in [-0.1, -0.05) is 12.1 Å². The number of amides is 1. The van der Waals surface area contributed by atoms with Crippen LogP contribution in [0.25, 0.3) is 0 Å². The number of hydrogen-bond acceptors (Lipinski definition) is 4. The molecule has 0 unspecified atom stereocenters. The van der Waals surface area contributed by atoms with E-state index in [1.807, 2.05) is 0 Å². The molecule has 17 heavy (non-hydrogen) atoms. The number of phenols is 1. The van der Waals surface area contributed by atoms with E-state index in [-0.39, 0.29) is 30.6 Å². The molecule has 0 aliphatic rings. The highest BCUT2D eigenvalue weighted by Gasteiger charge is 2.04. The zero-order chi connectivity index (χ0) is 12.5. The van der Waals surface area contributed by atoms with Crippen LogP contribution in [0.3, 0.4) is 0 Å². The molecule has 0 aromatic heterocycles. The predicted octanol–water partition coefficient (Wildman–Crippen LogP) is 0.660. The number of ether oxygens (including phenoxy) is 1. The summed E-state index contributed by atoms with van der Waals surface area (Å²) in [5.41, 5.74) is 0. The van der Waals surface area contributed by atoms with Crippen molar-refractivity contribution in [1.82, 2.24) is 5.32 Å². The quantitative estimate of drug-likeness (QED) is 0.611. The Balaban J connectivity index is 2.22. The van der Waals surface area contributed by atoms with Crippen molar-refractivity contribution in [1.29, 1.82) is 0 Å². The second-order valence-electron chi connectivity index (χ2n) is 3.54. The molecule has 0 bridgehead atoms. The summed E-state index contributed by atoms with van der Waals surface area (Å²) in [7, 11) is 0. The fourth-order valence-corrected chi connectivity index (χ4v) is 1.24. The summed E-state index contributed by atoms with van der Waals surface area (Å²) < 4.78 is 5.14. The van der Waals surface area contributed by atoms with Crippen LogP contribution < -0.4 is 10.1 Å². The van der Waals surface area contributed by atoms with Crippen LogP contribution in [0.4, 0.5) is 0 Å². The molecule has 0 spiro atoms. The lowest BCUT2D eigenvalue weighted by molar-refractivity contribution is -0.123. The monoisotopic (exact) mass is 239 g/mol. The van der Waals surface area contributed by atoms with E-state index in [1.165, 1.54) is 6.07 Å². The van der Waals surface area contributed by atoms with Gasteiger partial charge in [-0.05, 0) is 25.0 Å². The number of unbranched alkanes of at least 4 members (excludes halogenated alkanes) is 1. The smallest absolute Gasteiger partial charge is 0.257 e. The highest BCUT2D eigenvalue weighted by Crippen LogP contribution is 2.23. The number of hydrogen-bond donors (Lipinski definition) is 3. The molecule has 0 aliphatic heterocycles. The molecule has 0 saturated heterocycles. The number of carbonyl (C=O) groups is 1. The molecular formula is C12H17NO4. The van der Waals surface area contributed by atoms with E-state index in [1.54, 1.807) is 18.2 Å². The number of aliphatic hydroxyl groups is 1. The zero-order valence-corrected chi connectivity index (χ0v) is 9.56. The van der Waals surface area contributed by atoms with E-state index < -0.39 is 0 Å². The third kappa shape index (κ3) is 5.21. The summed E-state index contributed by atoms with van der Waals surface area (Å²) in [6.07, 6.45) is 1.40. The molecule has 1 rings (SSSR count). The van der Waals surface area contributed by atoms with Crippen molar-refractivity contribution in [2.75, 3.05) is 19.8 Å². The predicted molar refractivity (Wildman–Crippen MR) is 62.9 cm³/mol. The number of carbonyl (C=O) groups excluding carboxylic acids is 1. The number of aromatic hydroxyl groups is 1. The van der Waals surface area contributed by atoms with E-state index in [0.717, 1.165) is 6.42 Å². The van der Waals surface area contributed by atoms with Crippen molar-refractivity contribution in [2.45, 2.75) is 12.8 Å². The summed E-state index contributed by atoms with van der Waals surface area (Å²) in [6, 6.07) is 6.48. The molecule has 0 heterocycles. The maximum absolute atomic E-state index is 11.3. The standard InChI is InChI=1S/C12H17NO4/c14-8-4-3-7-13-12(16)9-17-11-6-2-1-5-10(11)15/h1-2,5-6,14-15H,3-4,7-9H2,(H,13,16). The molecule has 0 fully saturated rings. The molecule has 5 nitrogen and oxygen atoms in total. The van der Waals surface area contributed by atoms with Crippen molar-refractivity contribution in [3.05, 3.63) is 24.3 Å². The van der Waals surface area contributed by atoms with Gasteiger partial charge in [-0.2, -0.15) is 0 Å². The summed E-state index contributed by atoms with van der Waals surface area (Å²) >= 11 is 0. The Morgan fingerprint density at radius 2 is 2.06 bits per heavy atom. The van der Waals surface area contributed by atoms with E-state index in [4.69, 9.17) is 9.84 Å². The van der Waals surface area contributed by atoms with E-state index in [0.29, 0.717) is 13.0 Å². The number of nitrogens with one attached hydrogen (secondary N) is 1. The van der Waals surface area contributed by atoms with Gasteiger partial charge in [-0.15, -0.1) is 0 Å². The summed E-state index contributed by atoms with van der Waals surface area (Å²) in [4.78, 5) is 11.3. The normalized spacial score (nSPS) is 9.94. The van der Waals surface area contributed by atoms with Gasteiger partial charge in [-0.25, -0.2) is 0 Å². The van der Waals surface area contributed by atoms with E-state index >= 15 is 0 Å². The van der Waals surface area contributed by atoms with Crippen LogP contribution in [0.2, 0.25) is 0 Å². The maximum Gasteiger partial charge on any atom is 0.257 e. The van der Waals surface area contributed by atoms with Gasteiger partial charge in [0.15, 0.2) is 18.1 Å². The van der Waals surface area contributed by atoms with Crippen molar-refractivity contribution in [3.63, 3.8) is 0 Å². The van der Waals surface area contributed by atoms with Gasteiger partial charge in [0.1, 0.15) is 0 Å². The van der Waals surface area contributed by atoms with Gasteiger partial charge >= 0.3 is 0 Å². The third-order valence-corrected chi connectivity index (χ3v) is 2.13. The van der Waals surface area contributed by atoms with Crippen LogP contribution in [-0.2, 0) is 4.79 Å². The fraction of sp³-hybridized carbons (Fsp3) is 0.417. The first-order valence-corrected chi connectivity index (χ1v) is 5.52. The first kappa shape index (κ1) is 13.3. The number of para-hydroxylation sites is 2. The molecule has 0 aliphatic carbocycles. The van der Waals surface area contributed by atoms with E-state index in [2.05, 4.69) is 5.32 Å². The fourth-order valence-electron chi connectivity index (χ4n) is 1.24. The Kier molecular flexibility index (Phi) is 5.88. The second kappa shape index (κ2) is 7.51. The van der Waals surface area contributed by atoms with Gasteiger partial charge in [0.25, 0.3) is 5.91 Å². The van der Waals surface area contributed by atoms with Crippen LogP contribution in [0.15, 0.2) is 24.3 Å². The lowest BCUT2D eigenvalue weighted by Crippen LogP contribution is -2.29. The maximum atomic E-state index is 11.3. The minimum absolute atomic E-state index is 0.0144. The van der Waals surface area contributed by atoms with Gasteiger partial charge in [0.2, 0.25) is 0 Å². The first-order chi connectivity index (χ1) is 8.24. The lowest BCUT2D eigenvalue weighted by atomic mass is 10.3. The van der Waals surface area contributed by atoms with Gasteiger partial charge in [0, 0.05) is 13.2 Å². The Morgan fingerprint density at radius 3 is 2.76 bits per heavy atom. The van der Waals surface area contributed by atoms with Crippen LogP contribution in [0.1, 0.15) is 12.8 Å². The van der Waals surface area contributed by atoms with Gasteiger partial charge < -0.3 is 20.3 Å². The number of phenolic OH excluding ortho intramolecular Hbond substituents is 1. The van der Waals surface area contributed by atoms with Crippen molar-refractivity contribution >= 4 is 5.91 Å². The Labute approximate surface area is 100 Å². The SMILES string of the molecule is O=C(COc1ccccc1O)NCCCCO. The Hall–Kier alpha value is -1.75. The molecule has 0 saturated carbocycles. The van der Waals surface area contributed by atoms with Crippen LogP contribution >= 0.6 is 0 Å². The van der Waals surface area contributed by atoms with Crippen molar-refractivity contribution in [3.8, 4) is 11.5 Å². The molecule has 3 N–H and O–H groups in total. The number of aliphatic hydroxyl groups excluding tert-OH is 1. The van der Waals surface area contributed by atoms with Gasteiger partial charge in [-0.3, -0.25) is 4.79 Å². The average Bonchev–Trinajstić information content (AvgIpc) is 2.34.